The normalized spacial score (nSPS) is 15.2. The van der Waals surface area contributed by atoms with E-state index >= 15 is 0 Å². The van der Waals surface area contributed by atoms with Crippen LogP contribution in [0, 0.1) is 6.67 Å². The van der Waals surface area contributed by atoms with Crippen molar-refractivity contribution >= 4 is 23.0 Å². The topological polar surface area (TPSA) is 6.48 Å². The van der Waals surface area contributed by atoms with E-state index in [-0.39, 0.29) is 0 Å². The summed E-state index contributed by atoms with van der Waals surface area (Å²) in [4.78, 5) is 4.13. The van der Waals surface area contributed by atoms with Gasteiger partial charge in [-0.3, -0.25) is 0 Å². The van der Waals surface area contributed by atoms with Gasteiger partial charge in [-0.2, -0.15) is 0 Å². The predicted molar refractivity (Wildman–Crippen MR) is 52.6 cm³/mol. The van der Waals surface area contributed by atoms with Crippen LogP contribution in [0.3, 0.4) is 0 Å². The van der Waals surface area contributed by atoms with E-state index in [0.29, 0.717) is 0 Å². The molecule has 0 spiro atoms. The zero-order chi connectivity index (χ0) is 8.72. The molecule has 1 heterocycles. The van der Waals surface area contributed by atoms with E-state index in [1.54, 1.807) is 0 Å². The Morgan fingerprint density at radius 2 is 1.75 bits per heavy atom. The molecule has 0 unspecified atom stereocenters. The monoisotopic (exact) mass is 181 g/mol. The van der Waals surface area contributed by atoms with Crippen molar-refractivity contribution < 1.29 is 0 Å². The van der Waals surface area contributed by atoms with Crippen molar-refractivity contribution in [3.05, 3.63) is 29.9 Å². The first-order valence-corrected chi connectivity index (χ1v) is 4.16. The van der Waals surface area contributed by atoms with E-state index in [4.69, 9.17) is 11.6 Å². The SMILES string of the molecule is CN1[CH]N(C)c2cc(Cl)ccc21. The molecule has 63 valence electrons. The molecule has 1 aliphatic heterocycles. The summed E-state index contributed by atoms with van der Waals surface area (Å²) in [6, 6.07) is 5.90. The molecule has 3 heteroatoms. The van der Waals surface area contributed by atoms with Crippen LogP contribution in [0.25, 0.3) is 0 Å². The first kappa shape index (κ1) is 7.74. The second-order valence-electron chi connectivity index (χ2n) is 2.97. The maximum Gasteiger partial charge on any atom is 0.141 e. The van der Waals surface area contributed by atoms with Crippen LogP contribution in [0.2, 0.25) is 5.02 Å². The number of hydrogen-bond donors (Lipinski definition) is 0. The number of halogens is 1. The average Bonchev–Trinajstić information content (AvgIpc) is 2.28. The van der Waals surface area contributed by atoms with Crippen LogP contribution in [-0.4, -0.2) is 14.1 Å². The second kappa shape index (κ2) is 2.56. The fourth-order valence-corrected chi connectivity index (χ4v) is 1.63. The molecule has 0 amide bonds. The smallest absolute Gasteiger partial charge is 0.141 e. The van der Waals surface area contributed by atoms with Gasteiger partial charge < -0.3 is 9.80 Å². The van der Waals surface area contributed by atoms with Crippen molar-refractivity contribution in [2.45, 2.75) is 0 Å². The lowest BCUT2D eigenvalue weighted by molar-refractivity contribution is 1.04. The van der Waals surface area contributed by atoms with Gasteiger partial charge in [0.1, 0.15) is 6.67 Å². The average molecular weight is 182 g/mol. The summed E-state index contributed by atoms with van der Waals surface area (Å²) in [5.41, 5.74) is 2.35. The molecule has 2 nitrogen and oxygen atoms in total. The second-order valence-corrected chi connectivity index (χ2v) is 3.41. The van der Waals surface area contributed by atoms with Gasteiger partial charge in [-0.1, -0.05) is 11.6 Å². The first-order chi connectivity index (χ1) is 5.68. The van der Waals surface area contributed by atoms with Gasteiger partial charge in [0.2, 0.25) is 0 Å². The highest BCUT2D eigenvalue weighted by Gasteiger charge is 2.20. The van der Waals surface area contributed by atoms with Gasteiger partial charge in [-0.15, -0.1) is 0 Å². The van der Waals surface area contributed by atoms with Crippen molar-refractivity contribution in [3.8, 4) is 0 Å². The minimum atomic E-state index is 0.782. The fraction of sp³-hybridized carbons (Fsp3) is 0.222. The minimum absolute atomic E-state index is 0.782. The number of nitrogens with zero attached hydrogens (tertiary/aromatic N) is 2. The summed E-state index contributed by atoms with van der Waals surface area (Å²) in [5.74, 6) is 0. The third-order valence-electron chi connectivity index (χ3n) is 2.04. The first-order valence-electron chi connectivity index (χ1n) is 3.79. The number of benzene rings is 1. The number of rotatable bonds is 0. The van der Waals surface area contributed by atoms with Gasteiger partial charge in [0.05, 0.1) is 11.4 Å². The molecule has 0 saturated carbocycles. The lowest BCUT2D eigenvalue weighted by atomic mass is 10.2. The molecule has 0 bridgehead atoms. The molecule has 12 heavy (non-hydrogen) atoms. The van der Waals surface area contributed by atoms with Crippen LogP contribution in [-0.2, 0) is 0 Å². The van der Waals surface area contributed by atoms with Crippen molar-refractivity contribution in [2.75, 3.05) is 23.9 Å². The molecule has 0 N–H and O–H groups in total. The summed E-state index contributed by atoms with van der Waals surface area (Å²) >= 11 is 5.88. The largest absolute Gasteiger partial charge is 0.349 e. The zero-order valence-electron chi connectivity index (χ0n) is 7.08. The number of anilines is 2. The Hall–Kier alpha value is -0.890. The van der Waals surface area contributed by atoms with Crippen LogP contribution in [0.4, 0.5) is 11.4 Å². The molecular formula is C9H10ClN2. The lowest BCUT2D eigenvalue weighted by Crippen LogP contribution is -2.16. The van der Waals surface area contributed by atoms with Crippen LogP contribution < -0.4 is 9.80 Å². The van der Waals surface area contributed by atoms with Crippen LogP contribution in [0.5, 0.6) is 0 Å². The van der Waals surface area contributed by atoms with Crippen LogP contribution in [0.1, 0.15) is 0 Å². The van der Waals surface area contributed by atoms with Gasteiger partial charge in [0, 0.05) is 19.1 Å². The summed E-state index contributed by atoms with van der Waals surface area (Å²) in [5, 5.41) is 0.782. The van der Waals surface area contributed by atoms with Gasteiger partial charge in [-0.25, -0.2) is 0 Å². The lowest BCUT2D eigenvalue weighted by Gasteiger charge is -2.10. The van der Waals surface area contributed by atoms with Crippen molar-refractivity contribution in [1.29, 1.82) is 0 Å². The third-order valence-corrected chi connectivity index (χ3v) is 2.28. The summed E-state index contributed by atoms with van der Waals surface area (Å²) in [6.07, 6.45) is 0. The van der Waals surface area contributed by atoms with Crippen LogP contribution in [0.15, 0.2) is 18.2 Å². The number of fused-ring (bicyclic) bond motifs is 1. The number of hydrogen-bond acceptors (Lipinski definition) is 2. The molecule has 0 saturated heterocycles. The highest BCUT2D eigenvalue weighted by atomic mass is 35.5. The maximum absolute atomic E-state index is 5.88. The van der Waals surface area contributed by atoms with Gasteiger partial charge in [0.15, 0.2) is 0 Å². The quantitative estimate of drug-likeness (QED) is 0.606. The van der Waals surface area contributed by atoms with E-state index in [1.165, 1.54) is 5.69 Å². The Bertz CT molecular complexity index is 311. The van der Waals surface area contributed by atoms with Gasteiger partial charge >= 0.3 is 0 Å². The summed E-state index contributed by atoms with van der Waals surface area (Å²) in [6.45, 7) is 2.03. The van der Waals surface area contributed by atoms with Crippen molar-refractivity contribution in [3.63, 3.8) is 0 Å². The summed E-state index contributed by atoms with van der Waals surface area (Å²) < 4.78 is 0. The van der Waals surface area contributed by atoms with Crippen molar-refractivity contribution in [2.24, 2.45) is 0 Å². The molecule has 0 aliphatic carbocycles. The van der Waals surface area contributed by atoms with Gasteiger partial charge in [-0.05, 0) is 18.2 Å². The Kier molecular flexibility index (Phi) is 1.65. The Balaban J connectivity index is 2.53. The van der Waals surface area contributed by atoms with Gasteiger partial charge in [0.25, 0.3) is 0 Å². The Labute approximate surface area is 77.3 Å². The molecule has 1 aromatic carbocycles. The maximum atomic E-state index is 5.88. The highest BCUT2D eigenvalue weighted by Crippen LogP contribution is 2.37. The molecular weight excluding hydrogens is 172 g/mol. The van der Waals surface area contributed by atoms with E-state index in [9.17, 15) is 0 Å². The summed E-state index contributed by atoms with van der Waals surface area (Å²) in [7, 11) is 4.04. The fourth-order valence-electron chi connectivity index (χ4n) is 1.46. The molecule has 0 aromatic heterocycles. The standard InChI is InChI=1S/C9H10ClN2/c1-11-6-12(2)9-5-7(10)3-4-8(9)11/h3-6H,1-2H3. The molecule has 0 atom stereocenters. The third kappa shape index (κ3) is 1.03. The molecule has 1 aliphatic rings. The minimum Gasteiger partial charge on any atom is -0.349 e. The molecule has 0 fully saturated rings. The van der Waals surface area contributed by atoms with E-state index in [0.717, 1.165) is 10.7 Å². The Morgan fingerprint density at radius 3 is 2.50 bits per heavy atom. The molecule has 2 rings (SSSR count). The highest BCUT2D eigenvalue weighted by molar-refractivity contribution is 6.31. The Morgan fingerprint density at radius 1 is 1.08 bits per heavy atom. The van der Waals surface area contributed by atoms with E-state index in [1.807, 2.05) is 39.0 Å². The molecule has 1 radical (unpaired) electrons. The van der Waals surface area contributed by atoms with Crippen LogP contribution >= 0.6 is 11.6 Å². The van der Waals surface area contributed by atoms with E-state index < -0.39 is 0 Å². The van der Waals surface area contributed by atoms with Crippen molar-refractivity contribution in [1.82, 2.24) is 0 Å². The predicted octanol–water partition coefficient (Wildman–Crippen LogP) is 2.35. The molecule has 1 aromatic rings. The zero-order valence-corrected chi connectivity index (χ0v) is 7.84. The van der Waals surface area contributed by atoms with E-state index in [2.05, 4.69) is 9.80 Å².